The molecule has 11 heteroatoms. The summed E-state index contributed by atoms with van der Waals surface area (Å²) in [5.74, 6) is -1.52. The summed E-state index contributed by atoms with van der Waals surface area (Å²) in [4.78, 5) is 15.0. The summed E-state index contributed by atoms with van der Waals surface area (Å²) in [6.07, 6.45) is -4.66. The van der Waals surface area contributed by atoms with Crippen LogP contribution in [0.25, 0.3) is 5.65 Å². The number of ketones is 1. The lowest BCUT2D eigenvalue weighted by Crippen LogP contribution is -2.47. The van der Waals surface area contributed by atoms with Crippen molar-refractivity contribution >= 4 is 22.9 Å². The summed E-state index contributed by atoms with van der Waals surface area (Å²) in [6.45, 7) is 3.15. The van der Waals surface area contributed by atoms with Gasteiger partial charge in [0, 0.05) is 31.7 Å². The van der Waals surface area contributed by atoms with E-state index in [1.54, 1.807) is 18.2 Å². The van der Waals surface area contributed by atoms with Gasteiger partial charge in [0.1, 0.15) is 11.6 Å². The topological polar surface area (TPSA) is 66.6 Å². The number of halogens is 4. The number of carbonyl (C=O) groups excluding carboxylic acids is 1. The average Bonchev–Trinajstić information content (AvgIpc) is 3.11. The van der Waals surface area contributed by atoms with Crippen molar-refractivity contribution in [2.24, 2.45) is 0 Å². The Bertz CT molecular complexity index is 1070. The first-order valence-electron chi connectivity index (χ1n) is 8.84. The molecule has 0 amide bonds. The van der Waals surface area contributed by atoms with E-state index in [2.05, 4.69) is 15.3 Å². The van der Waals surface area contributed by atoms with Crippen LogP contribution in [0.1, 0.15) is 23.1 Å². The molecule has 0 bridgehead atoms. The molecule has 4 rings (SSSR count). The van der Waals surface area contributed by atoms with Gasteiger partial charge in [0.15, 0.2) is 11.4 Å². The number of hydrogen-bond acceptors (Lipinski definition) is 6. The molecular weight excluding hydrogens is 392 g/mol. The number of alkyl halides is 3. The molecule has 0 aliphatic carbocycles. The maximum atomic E-state index is 14.4. The van der Waals surface area contributed by atoms with Crippen LogP contribution in [-0.2, 0) is 6.18 Å². The Kier molecular flexibility index (Phi) is 4.59. The standard InChI is InChI=1S/C18H16F4N6O/c1-11(29)12-2-3-14(13(19)10-12)26-6-8-27(9-7-26)16-5-4-15-23-24-17(18(20,21)22)28(15)25-16/h2-5,10H,6-9H2,1H3. The van der Waals surface area contributed by atoms with Crippen LogP contribution in [-0.4, -0.2) is 51.8 Å². The molecule has 0 N–H and O–H groups in total. The highest BCUT2D eigenvalue weighted by Gasteiger charge is 2.38. The van der Waals surface area contributed by atoms with Crippen molar-refractivity contribution in [1.29, 1.82) is 0 Å². The molecule has 0 spiro atoms. The second-order valence-corrected chi connectivity index (χ2v) is 6.68. The zero-order chi connectivity index (χ0) is 20.8. The van der Waals surface area contributed by atoms with Crippen LogP contribution in [0.4, 0.5) is 29.1 Å². The fourth-order valence-electron chi connectivity index (χ4n) is 3.28. The van der Waals surface area contributed by atoms with Gasteiger partial charge in [-0.2, -0.15) is 17.7 Å². The third kappa shape index (κ3) is 3.59. The SMILES string of the molecule is CC(=O)c1ccc(N2CCN(c3ccc4nnc(C(F)(F)F)n4n3)CC2)c(F)c1. The van der Waals surface area contributed by atoms with Crippen LogP contribution in [0.15, 0.2) is 30.3 Å². The van der Waals surface area contributed by atoms with E-state index in [0.29, 0.717) is 47.8 Å². The highest BCUT2D eigenvalue weighted by Crippen LogP contribution is 2.28. The second-order valence-electron chi connectivity index (χ2n) is 6.68. The normalized spacial score (nSPS) is 15.2. The Labute approximate surface area is 162 Å². The zero-order valence-corrected chi connectivity index (χ0v) is 15.3. The number of Topliss-reactive ketones (excluding diaryl/α,β-unsaturated/α-hetero) is 1. The lowest BCUT2D eigenvalue weighted by Gasteiger charge is -2.36. The third-order valence-corrected chi connectivity index (χ3v) is 4.80. The summed E-state index contributed by atoms with van der Waals surface area (Å²) in [5.41, 5.74) is 0.695. The molecule has 2 aromatic heterocycles. The van der Waals surface area contributed by atoms with Crippen molar-refractivity contribution in [2.45, 2.75) is 13.1 Å². The Morgan fingerprint density at radius 3 is 2.31 bits per heavy atom. The van der Waals surface area contributed by atoms with E-state index in [1.165, 1.54) is 19.1 Å². The summed E-state index contributed by atoms with van der Waals surface area (Å²) in [6, 6.07) is 7.37. The van der Waals surface area contributed by atoms with Crippen LogP contribution < -0.4 is 9.80 Å². The van der Waals surface area contributed by atoms with E-state index in [1.807, 2.05) is 9.80 Å². The lowest BCUT2D eigenvalue weighted by molar-refractivity contribution is -0.146. The smallest absolute Gasteiger partial charge is 0.366 e. The van der Waals surface area contributed by atoms with Gasteiger partial charge in [0.2, 0.25) is 0 Å². The molecular formula is C18H16F4N6O. The van der Waals surface area contributed by atoms with Crippen molar-refractivity contribution in [3.63, 3.8) is 0 Å². The molecule has 1 fully saturated rings. The minimum Gasteiger partial charge on any atom is -0.366 e. The number of hydrogen-bond donors (Lipinski definition) is 0. The maximum absolute atomic E-state index is 14.4. The van der Waals surface area contributed by atoms with Crippen molar-refractivity contribution in [3.8, 4) is 0 Å². The highest BCUT2D eigenvalue weighted by atomic mass is 19.4. The number of anilines is 2. The number of aromatic nitrogens is 4. The molecule has 0 radical (unpaired) electrons. The molecule has 1 aliphatic rings. The molecule has 1 aliphatic heterocycles. The molecule has 152 valence electrons. The van der Waals surface area contributed by atoms with E-state index in [-0.39, 0.29) is 11.4 Å². The Morgan fingerprint density at radius 2 is 1.69 bits per heavy atom. The molecule has 29 heavy (non-hydrogen) atoms. The number of rotatable bonds is 3. The zero-order valence-electron chi connectivity index (χ0n) is 15.3. The fraction of sp³-hybridized carbons (Fsp3) is 0.333. The largest absolute Gasteiger partial charge is 0.453 e. The van der Waals surface area contributed by atoms with Crippen molar-refractivity contribution in [3.05, 3.63) is 47.5 Å². The lowest BCUT2D eigenvalue weighted by atomic mass is 10.1. The van der Waals surface area contributed by atoms with Gasteiger partial charge >= 0.3 is 6.18 Å². The van der Waals surface area contributed by atoms with E-state index in [9.17, 15) is 22.4 Å². The van der Waals surface area contributed by atoms with Crippen molar-refractivity contribution in [1.82, 2.24) is 19.8 Å². The van der Waals surface area contributed by atoms with E-state index < -0.39 is 17.8 Å². The van der Waals surface area contributed by atoms with Crippen LogP contribution >= 0.6 is 0 Å². The summed E-state index contributed by atoms with van der Waals surface area (Å²) < 4.78 is 54.2. The summed E-state index contributed by atoms with van der Waals surface area (Å²) in [5, 5.41) is 10.7. The number of nitrogens with zero attached hydrogens (tertiary/aromatic N) is 6. The van der Waals surface area contributed by atoms with Gasteiger partial charge in [-0.3, -0.25) is 4.79 Å². The minimum absolute atomic E-state index is 0.00680. The minimum atomic E-state index is -4.66. The fourth-order valence-corrected chi connectivity index (χ4v) is 3.28. The van der Waals surface area contributed by atoms with Crippen molar-refractivity contribution in [2.75, 3.05) is 36.0 Å². The summed E-state index contributed by atoms with van der Waals surface area (Å²) >= 11 is 0. The van der Waals surface area contributed by atoms with Gasteiger partial charge in [-0.25, -0.2) is 4.39 Å². The first kappa shape index (κ1) is 19.1. The first-order valence-corrected chi connectivity index (χ1v) is 8.84. The van der Waals surface area contributed by atoms with Crippen LogP contribution in [0, 0.1) is 5.82 Å². The highest BCUT2D eigenvalue weighted by molar-refractivity contribution is 5.94. The number of benzene rings is 1. The van der Waals surface area contributed by atoms with Crippen molar-refractivity contribution < 1.29 is 22.4 Å². The number of piperazine rings is 1. The van der Waals surface area contributed by atoms with Gasteiger partial charge < -0.3 is 9.80 Å². The van der Waals surface area contributed by atoms with Gasteiger partial charge in [-0.1, -0.05) is 0 Å². The van der Waals surface area contributed by atoms with Crippen LogP contribution in [0.3, 0.4) is 0 Å². The quantitative estimate of drug-likeness (QED) is 0.491. The van der Waals surface area contributed by atoms with E-state index >= 15 is 0 Å². The van der Waals surface area contributed by atoms with E-state index in [4.69, 9.17) is 0 Å². The maximum Gasteiger partial charge on any atom is 0.453 e. The summed E-state index contributed by atoms with van der Waals surface area (Å²) in [7, 11) is 0. The first-order chi connectivity index (χ1) is 13.7. The van der Waals surface area contributed by atoms with Crippen LogP contribution in [0.2, 0.25) is 0 Å². The van der Waals surface area contributed by atoms with Gasteiger partial charge in [-0.05, 0) is 37.3 Å². The second kappa shape index (κ2) is 6.98. The molecule has 7 nitrogen and oxygen atoms in total. The molecule has 0 atom stereocenters. The molecule has 0 unspecified atom stereocenters. The Balaban J connectivity index is 1.52. The Hall–Kier alpha value is -3.24. The van der Waals surface area contributed by atoms with Gasteiger partial charge in [0.05, 0.1) is 5.69 Å². The van der Waals surface area contributed by atoms with Gasteiger partial charge in [0.25, 0.3) is 5.82 Å². The van der Waals surface area contributed by atoms with E-state index in [0.717, 1.165) is 0 Å². The Morgan fingerprint density at radius 1 is 1.00 bits per heavy atom. The molecule has 3 heterocycles. The molecule has 0 saturated carbocycles. The average molecular weight is 408 g/mol. The molecule has 1 aromatic carbocycles. The third-order valence-electron chi connectivity index (χ3n) is 4.80. The predicted octanol–water partition coefficient (Wildman–Crippen LogP) is 2.81. The molecule has 1 saturated heterocycles. The number of fused-ring (bicyclic) bond motifs is 1. The molecule has 3 aromatic rings. The number of carbonyl (C=O) groups is 1. The van der Waals surface area contributed by atoms with Gasteiger partial charge in [-0.15, -0.1) is 15.3 Å². The van der Waals surface area contributed by atoms with Crippen LogP contribution in [0.5, 0.6) is 0 Å². The predicted molar refractivity (Wildman–Crippen MR) is 96.6 cm³/mol. The monoisotopic (exact) mass is 408 g/mol.